The van der Waals surface area contributed by atoms with Crippen LogP contribution in [0.4, 0.5) is 0 Å². The van der Waals surface area contributed by atoms with Gasteiger partial charge in [-0.25, -0.2) is 0 Å². The molecule has 0 heterocycles. The van der Waals surface area contributed by atoms with Crippen LogP contribution in [0.15, 0.2) is 0 Å². The standard InChI is InChI=1S/C23H49NO2/c1-3-4-5-6-8-11-14-19-24(21-16-17-22-25)20-15-12-9-7-10-13-18-23-26-2/h25H,3-23H2,1-2H3. The molecule has 0 spiro atoms. The third kappa shape index (κ3) is 20.2. The zero-order chi connectivity index (χ0) is 19.1. The van der Waals surface area contributed by atoms with Crippen LogP contribution in [0.3, 0.4) is 0 Å². The number of ether oxygens (including phenoxy) is 1. The van der Waals surface area contributed by atoms with Crippen molar-refractivity contribution in [2.45, 2.75) is 110 Å². The van der Waals surface area contributed by atoms with Crippen molar-refractivity contribution in [1.82, 2.24) is 4.90 Å². The van der Waals surface area contributed by atoms with E-state index in [2.05, 4.69) is 11.8 Å². The number of rotatable bonds is 22. The van der Waals surface area contributed by atoms with Gasteiger partial charge in [-0.15, -0.1) is 0 Å². The van der Waals surface area contributed by atoms with Crippen LogP contribution in [0.2, 0.25) is 0 Å². The summed E-state index contributed by atoms with van der Waals surface area (Å²) in [6, 6.07) is 0. The second-order valence-electron chi connectivity index (χ2n) is 7.86. The normalized spacial score (nSPS) is 11.5. The Morgan fingerprint density at radius 2 is 1.00 bits per heavy atom. The number of unbranched alkanes of at least 4 members (excludes halogenated alkanes) is 13. The number of hydrogen-bond donors (Lipinski definition) is 1. The number of methoxy groups -OCH3 is 1. The number of aliphatic hydroxyl groups is 1. The molecule has 3 heteroatoms. The minimum atomic E-state index is 0.342. The van der Waals surface area contributed by atoms with Gasteiger partial charge in [-0.3, -0.25) is 0 Å². The molecule has 0 aromatic carbocycles. The molecular weight excluding hydrogens is 322 g/mol. The highest BCUT2D eigenvalue weighted by Gasteiger charge is 2.04. The zero-order valence-electron chi connectivity index (χ0n) is 18.2. The molecule has 0 rings (SSSR count). The van der Waals surface area contributed by atoms with Crippen LogP contribution in [0.5, 0.6) is 0 Å². The Bertz CT molecular complexity index is 248. The summed E-state index contributed by atoms with van der Waals surface area (Å²) in [5.41, 5.74) is 0. The van der Waals surface area contributed by atoms with Crippen molar-refractivity contribution in [1.29, 1.82) is 0 Å². The molecule has 3 nitrogen and oxygen atoms in total. The van der Waals surface area contributed by atoms with Gasteiger partial charge >= 0.3 is 0 Å². The fourth-order valence-electron chi connectivity index (χ4n) is 3.54. The minimum Gasteiger partial charge on any atom is -0.396 e. The lowest BCUT2D eigenvalue weighted by Gasteiger charge is -2.22. The highest BCUT2D eigenvalue weighted by molar-refractivity contribution is 4.60. The Morgan fingerprint density at radius 1 is 0.577 bits per heavy atom. The smallest absolute Gasteiger partial charge is 0.0462 e. The zero-order valence-corrected chi connectivity index (χ0v) is 18.2. The Hall–Kier alpha value is -0.120. The van der Waals surface area contributed by atoms with Crippen molar-refractivity contribution in [3.63, 3.8) is 0 Å². The third-order valence-electron chi connectivity index (χ3n) is 5.28. The predicted octanol–water partition coefficient (Wildman–Crippen LogP) is 6.19. The second-order valence-corrected chi connectivity index (χ2v) is 7.86. The molecule has 26 heavy (non-hydrogen) atoms. The summed E-state index contributed by atoms with van der Waals surface area (Å²) < 4.78 is 5.10. The lowest BCUT2D eigenvalue weighted by Crippen LogP contribution is -2.27. The summed E-state index contributed by atoms with van der Waals surface area (Å²) in [7, 11) is 1.79. The molecule has 0 aliphatic rings. The lowest BCUT2D eigenvalue weighted by molar-refractivity contribution is 0.192. The molecule has 0 aliphatic carbocycles. The molecule has 0 saturated carbocycles. The Morgan fingerprint density at radius 3 is 1.46 bits per heavy atom. The molecule has 0 radical (unpaired) electrons. The van der Waals surface area contributed by atoms with Crippen LogP contribution in [0, 0.1) is 0 Å². The molecule has 0 aromatic heterocycles. The summed E-state index contributed by atoms with van der Waals surface area (Å²) in [5.74, 6) is 0. The quantitative estimate of drug-likeness (QED) is 0.230. The van der Waals surface area contributed by atoms with E-state index in [1.165, 1.54) is 110 Å². The van der Waals surface area contributed by atoms with Crippen LogP contribution < -0.4 is 0 Å². The summed E-state index contributed by atoms with van der Waals surface area (Å²) in [6.45, 7) is 7.23. The Kier molecular flexibility index (Phi) is 22.8. The van der Waals surface area contributed by atoms with Crippen molar-refractivity contribution >= 4 is 0 Å². The van der Waals surface area contributed by atoms with E-state index < -0.39 is 0 Å². The topological polar surface area (TPSA) is 32.7 Å². The summed E-state index contributed by atoms with van der Waals surface area (Å²) >= 11 is 0. The van der Waals surface area contributed by atoms with E-state index in [-0.39, 0.29) is 0 Å². The van der Waals surface area contributed by atoms with Gasteiger partial charge < -0.3 is 14.7 Å². The average molecular weight is 372 g/mol. The summed E-state index contributed by atoms with van der Waals surface area (Å²) in [6.07, 6.45) is 21.2. The van der Waals surface area contributed by atoms with Crippen molar-refractivity contribution < 1.29 is 9.84 Å². The van der Waals surface area contributed by atoms with Crippen LogP contribution in [0.25, 0.3) is 0 Å². The van der Waals surface area contributed by atoms with Gasteiger partial charge in [0.15, 0.2) is 0 Å². The molecule has 158 valence electrons. The van der Waals surface area contributed by atoms with Gasteiger partial charge in [0.2, 0.25) is 0 Å². The Labute approximate surface area is 164 Å². The highest BCUT2D eigenvalue weighted by atomic mass is 16.5. The molecule has 0 aromatic rings. The molecule has 0 unspecified atom stereocenters. The van der Waals surface area contributed by atoms with Crippen molar-refractivity contribution in [3.05, 3.63) is 0 Å². The van der Waals surface area contributed by atoms with Crippen LogP contribution in [-0.4, -0.2) is 50.0 Å². The number of aliphatic hydroxyl groups excluding tert-OH is 1. The van der Waals surface area contributed by atoms with Crippen molar-refractivity contribution in [3.8, 4) is 0 Å². The van der Waals surface area contributed by atoms with Gasteiger partial charge in [0.1, 0.15) is 0 Å². The van der Waals surface area contributed by atoms with Gasteiger partial charge in [-0.05, 0) is 51.7 Å². The number of hydrogen-bond acceptors (Lipinski definition) is 3. The third-order valence-corrected chi connectivity index (χ3v) is 5.28. The number of nitrogens with zero attached hydrogens (tertiary/aromatic N) is 1. The maximum atomic E-state index is 9.02. The maximum absolute atomic E-state index is 9.02. The molecule has 0 amide bonds. The molecule has 0 fully saturated rings. The van der Waals surface area contributed by atoms with Gasteiger partial charge in [-0.2, -0.15) is 0 Å². The molecule has 0 bridgehead atoms. The molecule has 0 saturated heterocycles. The monoisotopic (exact) mass is 371 g/mol. The van der Waals surface area contributed by atoms with E-state index in [1.54, 1.807) is 7.11 Å². The van der Waals surface area contributed by atoms with Crippen molar-refractivity contribution in [2.75, 3.05) is 40.0 Å². The highest BCUT2D eigenvalue weighted by Crippen LogP contribution is 2.11. The second kappa shape index (κ2) is 22.9. The van der Waals surface area contributed by atoms with E-state index in [0.29, 0.717) is 6.61 Å². The SMILES string of the molecule is CCCCCCCCCN(CCCCO)CCCCCCCCCOC. The fraction of sp³-hybridized carbons (Fsp3) is 1.00. The molecule has 0 aliphatic heterocycles. The van der Waals surface area contributed by atoms with E-state index in [1.807, 2.05) is 0 Å². The van der Waals surface area contributed by atoms with E-state index in [9.17, 15) is 0 Å². The first-order valence-corrected chi connectivity index (χ1v) is 11.7. The lowest BCUT2D eigenvalue weighted by atomic mass is 10.1. The van der Waals surface area contributed by atoms with E-state index in [0.717, 1.165) is 19.4 Å². The summed E-state index contributed by atoms with van der Waals surface area (Å²) in [5, 5.41) is 9.02. The maximum Gasteiger partial charge on any atom is 0.0462 e. The van der Waals surface area contributed by atoms with Gasteiger partial charge in [0.05, 0.1) is 0 Å². The minimum absolute atomic E-state index is 0.342. The van der Waals surface area contributed by atoms with E-state index >= 15 is 0 Å². The molecular formula is C23H49NO2. The molecule has 1 N–H and O–H groups in total. The first kappa shape index (κ1) is 25.9. The first-order chi connectivity index (χ1) is 12.8. The molecule has 0 atom stereocenters. The van der Waals surface area contributed by atoms with Gasteiger partial charge in [-0.1, -0.05) is 77.6 Å². The van der Waals surface area contributed by atoms with E-state index in [4.69, 9.17) is 9.84 Å². The summed E-state index contributed by atoms with van der Waals surface area (Å²) in [4.78, 5) is 2.65. The van der Waals surface area contributed by atoms with Crippen molar-refractivity contribution in [2.24, 2.45) is 0 Å². The Balaban J connectivity index is 3.62. The largest absolute Gasteiger partial charge is 0.396 e. The van der Waals surface area contributed by atoms with Crippen LogP contribution >= 0.6 is 0 Å². The van der Waals surface area contributed by atoms with Crippen LogP contribution in [-0.2, 0) is 4.74 Å². The predicted molar refractivity (Wildman–Crippen MR) is 115 cm³/mol. The van der Waals surface area contributed by atoms with Crippen LogP contribution in [0.1, 0.15) is 110 Å². The first-order valence-electron chi connectivity index (χ1n) is 11.7. The average Bonchev–Trinajstić information content (AvgIpc) is 2.65. The van der Waals surface area contributed by atoms with Gasteiger partial charge in [0.25, 0.3) is 0 Å². The fourth-order valence-corrected chi connectivity index (χ4v) is 3.54. The van der Waals surface area contributed by atoms with Gasteiger partial charge in [0, 0.05) is 20.3 Å².